The summed E-state index contributed by atoms with van der Waals surface area (Å²) in [4.78, 5) is 12.7. The minimum atomic E-state index is -0.0326. The summed E-state index contributed by atoms with van der Waals surface area (Å²) in [6.45, 7) is 2.68. The Morgan fingerprint density at radius 2 is 2.20 bits per heavy atom. The first-order chi connectivity index (χ1) is 9.70. The maximum atomic E-state index is 12.7. The molecule has 5 heteroatoms. The molecule has 1 aliphatic rings. The van der Waals surface area contributed by atoms with E-state index in [9.17, 15) is 9.90 Å². The summed E-state index contributed by atoms with van der Waals surface area (Å²) in [7, 11) is 0. The van der Waals surface area contributed by atoms with Crippen molar-refractivity contribution in [3.8, 4) is 0 Å². The molecule has 0 bridgehead atoms. The zero-order valence-electron chi connectivity index (χ0n) is 11.2. The van der Waals surface area contributed by atoms with Crippen LogP contribution in [0.1, 0.15) is 18.0 Å². The summed E-state index contributed by atoms with van der Waals surface area (Å²) in [5.41, 5.74) is 1.95. The second-order valence-electron chi connectivity index (χ2n) is 5.46. The van der Waals surface area contributed by atoms with Gasteiger partial charge in [-0.1, -0.05) is 17.7 Å². The number of fused-ring (bicyclic) bond motifs is 2. The van der Waals surface area contributed by atoms with E-state index in [0.717, 1.165) is 33.8 Å². The lowest BCUT2D eigenvalue weighted by Gasteiger charge is -2.24. The van der Waals surface area contributed by atoms with Gasteiger partial charge in [0.2, 0.25) is 0 Å². The number of pyridine rings is 1. The van der Waals surface area contributed by atoms with Crippen molar-refractivity contribution in [2.45, 2.75) is 25.9 Å². The SMILES string of the molecule is Cc1ccc2c(c1)c(=O)n1c3c2cnn3C(CO)CC1. The third-order valence-corrected chi connectivity index (χ3v) is 4.21. The van der Waals surface area contributed by atoms with Crippen molar-refractivity contribution in [2.75, 3.05) is 6.61 Å². The van der Waals surface area contributed by atoms with Crippen LogP contribution in [0.15, 0.2) is 29.2 Å². The smallest absolute Gasteiger partial charge is 0.260 e. The maximum Gasteiger partial charge on any atom is 0.260 e. The number of aliphatic hydroxyl groups is 1. The van der Waals surface area contributed by atoms with Crippen molar-refractivity contribution in [1.82, 2.24) is 14.3 Å². The lowest BCUT2D eigenvalue weighted by atomic mass is 10.1. The van der Waals surface area contributed by atoms with Crippen LogP contribution in [0.4, 0.5) is 0 Å². The highest BCUT2D eigenvalue weighted by Gasteiger charge is 2.24. The van der Waals surface area contributed by atoms with E-state index >= 15 is 0 Å². The molecule has 0 saturated heterocycles. The zero-order valence-corrected chi connectivity index (χ0v) is 11.2. The predicted octanol–water partition coefficient (Wildman–Crippen LogP) is 1.60. The van der Waals surface area contributed by atoms with Gasteiger partial charge in [0.1, 0.15) is 5.65 Å². The molecule has 0 spiro atoms. The van der Waals surface area contributed by atoms with Gasteiger partial charge in [0, 0.05) is 17.3 Å². The number of benzene rings is 1. The summed E-state index contributed by atoms with van der Waals surface area (Å²) in [6, 6.07) is 5.91. The first kappa shape index (κ1) is 11.7. The number of hydrogen-bond acceptors (Lipinski definition) is 3. The molecule has 4 rings (SSSR count). The number of rotatable bonds is 1. The third kappa shape index (κ3) is 1.35. The van der Waals surface area contributed by atoms with Crippen LogP contribution in [0, 0.1) is 6.92 Å². The fraction of sp³-hybridized carbons (Fsp3) is 0.333. The molecule has 0 radical (unpaired) electrons. The first-order valence-electron chi connectivity index (χ1n) is 6.82. The quantitative estimate of drug-likeness (QED) is 0.730. The van der Waals surface area contributed by atoms with E-state index in [-0.39, 0.29) is 18.2 Å². The topological polar surface area (TPSA) is 60.0 Å². The summed E-state index contributed by atoms with van der Waals surface area (Å²) >= 11 is 0. The van der Waals surface area contributed by atoms with E-state index in [1.165, 1.54) is 0 Å². The summed E-state index contributed by atoms with van der Waals surface area (Å²) < 4.78 is 3.58. The van der Waals surface area contributed by atoms with Gasteiger partial charge in [-0.2, -0.15) is 5.10 Å². The van der Waals surface area contributed by atoms with Gasteiger partial charge in [0.15, 0.2) is 0 Å². The van der Waals surface area contributed by atoms with Gasteiger partial charge in [-0.25, -0.2) is 4.68 Å². The van der Waals surface area contributed by atoms with E-state index in [2.05, 4.69) is 5.10 Å². The van der Waals surface area contributed by atoms with Gasteiger partial charge in [0.25, 0.3) is 5.56 Å². The van der Waals surface area contributed by atoms with Crippen LogP contribution < -0.4 is 5.56 Å². The lowest BCUT2D eigenvalue weighted by molar-refractivity contribution is 0.200. The van der Waals surface area contributed by atoms with Crippen LogP contribution in [-0.2, 0) is 6.54 Å². The average molecular weight is 269 g/mol. The van der Waals surface area contributed by atoms with Crippen molar-refractivity contribution >= 4 is 21.8 Å². The predicted molar refractivity (Wildman–Crippen MR) is 77.0 cm³/mol. The Hall–Kier alpha value is -2.14. The molecule has 3 heterocycles. The summed E-state index contributed by atoms with van der Waals surface area (Å²) in [6.07, 6.45) is 2.54. The van der Waals surface area contributed by atoms with Crippen LogP contribution >= 0.6 is 0 Å². The minimum absolute atomic E-state index is 0.0326. The molecule has 20 heavy (non-hydrogen) atoms. The van der Waals surface area contributed by atoms with Gasteiger partial charge in [-0.3, -0.25) is 9.36 Å². The normalized spacial score (nSPS) is 18.0. The molecule has 0 amide bonds. The number of aliphatic hydroxyl groups excluding tert-OH is 1. The largest absolute Gasteiger partial charge is 0.394 e. The van der Waals surface area contributed by atoms with Crippen molar-refractivity contribution in [1.29, 1.82) is 0 Å². The molecule has 1 unspecified atom stereocenters. The summed E-state index contributed by atoms with van der Waals surface area (Å²) in [5.74, 6) is 0. The molecular weight excluding hydrogens is 254 g/mol. The fourth-order valence-corrected chi connectivity index (χ4v) is 3.17. The highest BCUT2D eigenvalue weighted by molar-refractivity contribution is 6.04. The van der Waals surface area contributed by atoms with E-state index < -0.39 is 0 Å². The summed E-state index contributed by atoms with van der Waals surface area (Å²) in [5, 5.41) is 16.5. The van der Waals surface area contributed by atoms with E-state index in [4.69, 9.17) is 0 Å². The van der Waals surface area contributed by atoms with Gasteiger partial charge in [-0.15, -0.1) is 0 Å². The maximum absolute atomic E-state index is 12.7. The molecule has 1 N–H and O–H groups in total. The Bertz CT molecular complexity index is 891. The third-order valence-electron chi connectivity index (χ3n) is 4.21. The molecule has 0 saturated carbocycles. The van der Waals surface area contributed by atoms with Gasteiger partial charge in [0.05, 0.1) is 18.8 Å². The highest BCUT2D eigenvalue weighted by atomic mass is 16.3. The van der Waals surface area contributed by atoms with Crippen molar-refractivity contribution in [3.63, 3.8) is 0 Å². The lowest BCUT2D eigenvalue weighted by Crippen LogP contribution is -2.30. The molecular formula is C15H15N3O2. The fourth-order valence-electron chi connectivity index (χ4n) is 3.17. The number of hydrogen-bond donors (Lipinski definition) is 1. The Morgan fingerprint density at radius 1 is 1.35 bits per heavy atom. The Balaban J connectivity index is 2.23. The zero-order chi connectivity index (χ0) is 13.9. The Kier molecular flexibility index (Phi) is 2.29. The Labute approximate surface area is 115 Å². The van der Waals surface area contributed by atoms with Crippen molar-refractivity contribution < 1.29 is 5.11 Å². The van der Waals surface area contributed by atoms with E-state index in [1.807, 2.05) is 25.1 Å². The Morgan fingerprint density at radius 3 is 3.00 bits per heavy atom. The van der Waals surface area contributed by atoms with Crippen LogP contribution in [0.2, 0.25) is 0 Å². The second kappa shape index (κ2) is 3.93. The number of nitrogens with zero attached hydrogens (tertiary/aromatic N) is 3. The van der Waals surface area contributed by atoms with Gasteiger partial charge < -0.3 is 5.11 Å². The van der Waals surface area contributed by atoms with Crippen molar-refractivity contribution in [2.24, 2.45) is 0 Å². The molecule has 0 fully saturated rings. The average Bonchev–Trinajstić information content (AvgIpc) is 2.90. The molecule has 5 nitrogen and oxygen atoms in total. The standard InChI is InChI=1S/C15H15N3O2/c1-9-2-3-11-12(6-9)15(20)17-5-4-10(8-19)18-14(17)13(11)7-16-18/h2-3,6-7,10,19H,4-5,8H2,1H3. The molecule has 1 aliphatic heterocycles. The van der Waals surface area contributed by atoms with E-state index in [0.29, 0.717) is 6.54 Å². The monoisotopic (exact) mass is 269 g/mol. The number of aromatic nitrogens is 3. The van der Waals surface area contributed by atoms with Gasteiger partial charge >= 0.3 is 0 Å². The second-order valence-corrected chi connectivity index (χ2v) is 5.46. The molecule has 3 aromatic rings. The molecule has 2 aromatic heterocycles. The molecule has 0 aliphatic carbocycles. The molecule has 1 atom stereocenters. The van der Waals surface area contributed by atoms with Crippen LogP contribution in [0.25, 0.3) is 21.8 Å². The van der Waals surface area contributed by atoms with E-state index in [1.54, 1.807) is 15.4 Å². The number of aryl methyl sites for hydroxylation is 2. The molecule has 102 valence electrons. The van der Waals surface area contributed by atoms with Crippen LogP contribution in [0.5, 0.6) is 0 Å². The highest BCUT2D eigenvalue weighted by Crippen LogP contribution is 2.29. The first-order valence-corrected chi connectivity index (χ1v) is 6.82. The van der Waals surface area contributed by atoms with Crippen LogP contribution in [-0.4, -0.2) is 26.1 Å². The molecule has 1 aromatic carbocycles. The minimum Gasteiger partial charge on any atom is -0.394 e. The van der Waals surface area contributed by atoms with Gasteiger partial charge in [-0.05, 0) is 24.8 Å². The van der Waals surface area contributed by atoms with Crippen molar-refractivity contribution in [3.05, 3.63) is 40.3 Å². The van der Waals surface area contributed by atoms with Crippen LogP contribution in [0.3, 0.4) is 0 Å².